The normalized spacial score (nSPS) is 25.7. The van der Waals surface area contributed by atoms with Crippen LogP contribution in [-0.4, -0.2) is 48.1 Å². The van der Waals surface area contributed by atoms with Gasteiger partial charge in [0.15, 0.2) is 6.17 Å². The summed E-state index contributed by atoms with van der Waals surface area (Å²) in [6.45, 7) is 3.85. The van der Waals surface area contributed by atoms with Gasteiger partial charge in [0.1, 0.15) is 12.4 Å². The molecule has 2 atom stereocenters. The molecule has 3 heterocycles. The number of rotatable bonds is 6. The summed E-state index contributed by atoms with van der Waals surface area (Å²) in [5.74, 6) is 0.799. The van der Waals surface area contributed by atoms with Crippen molar-refractivity contribution >= 4 is 16.5 Å². The highest BCUT2D eigenvalue weighted by Gasteiger charge is 2.42. The van der Waals surface area contributed by atoms with Gasteiger partial charge in [0.05, 0.1) is 26.0 Å². The largest absolute Gasteiger partial charge is 0.623 e. The number of ether oxygens (including phenoxy) is 1. The first-order valence-corrected chi connectivity index (χ1v) is 7.93. The van der Waals surface area contributed by atoms with E-state index in [4.69, 9.17) is 9.15 Å². The molecule has 3 rings (SSSR count). The van der Waals surface area contributed by atoms with Gasteiger partial charge in [0.25, 0.3) is 5.19 Å². The lowest BCUT2D eigenvalue weighted by Gasteiger charge is -2.39. The van der Waals surface area contributed by atoms with Gasteiger partial charge in [0.2, 0.25) is 0 Å². The number of quaternary nitrogens is 1. The van der Waals surface area contributed by atoms with Gasteiger partial charge in [-0.1, -0.05) is 10.2 Å². The maximum Gasteiger partial charge on any atom is 0.312 e. The second kappa shape index (κ2) is 6.31. The number of aromatic nitrogens is 2. The Morgan fingerprint density at radius 2 is 2.45 bits per heavy atom. The van der Waals surface area contributed by atoms with Crippen LogP contribution in [0.5, 0.6) is 5.19 Å². The molecule has 0 bridgehead atoms. The Labute approximate surface area is 132 Å². The van der Waals surface area contributed by atoms with Crippen molar-refractivity contribution in [2.24, 2.45) is 0 Å². The minimum Gasteiger partial charge on any atom is -0.623 e. The van der Waals surface area contributed by atoms with E-state index in [1.807, 2.05) is 31.0 Å². The lowest BCUT2D eigenvalue weighted by molar-refractivity contribution is 0.281. The summed E-state index contributed by atoms with van der Waals surface area (Å²) in [5, 5.41) is 25.3. The fourth-order valence-electron chi connectivity index (χ4n) is 2.52. The molecular weight excluding hydrogens is 306 g/mol. The average Bonchev–Trinajstić information content (AvgIpc) is 3.18. The Bertz CT molecular complexity index is 605. The van der Waals surface area contributed by atoms with Gasteiger partial charge in [-0.15, -0.1) is 0 Å². The molecule has 1 saturated heterocycles. The third-order valence-electron chi connectivity index (χ3n) is 3.52. The van der Waals surface area contributed by atoms with Crippen molar-refractivity contribution in [2.45, 2.75) is 19.6 Å². The van der Waals surface area contributed by atoms with Gasteiger partial charge in [-0.25, -0.2) is 0 Å². The number of nitrogens with zero attached hydrogens (tertiary/aromatic N) is 4. The minimum atomic E-state index is -0.568. The molecule has 2 unspecified atom stereocenters. The van der Waals surface area contributed by atoms with Crippen LogP contribution in [-0.2, 0) is 6.54 Å². The standard InChI is InChI=1S/C13H19N5O3S/c1-3-20-13-16-15-12(22-13)18(19)9-17(2)8-11(18)14-7-10-5-4-6-21-10/h4-6,11,14H,3,7-9H2,1-2H3. The average molecular weight is 325 g/mol. The Hall–Kier alpha value is -1.52. The van der Waals surface area contributed by atoms with E-state index in [0.717, 1.165) is 5.76 Å². The molecule has 1 fully saturated rings. The highest BCUT2D eigenvalue weighted by Crippen LogP contribution is 2.35. The summed E-state index contributed by atoms with van der Waals surface area (Å²) < 4.78 is 10.1. The molecule has 1 aliphatic rings. The predicted molar refractivity (Wildman–Crippen MR) is 83.1 cm³/mol. The first-order valence-electron chi connectivity index (χ1n) is 7.11. The van der Waals surface area contributed by atoms with Crippen LogP contribution >= 0.6 is 11.3 Å². The molecule has 1 N–H and O–H groups in total. The summed E-state index contributed by atoms with van der Waals surface area (Å²) >= 11 is 1.21. The second-order valence-electron chi connectivity index (χ2n) is 5.24. The van der Waals surface area contributed by atoms with Gasteiger partial charge in [-0.05, 0) is 26.1 Å². The summed E-state index contributed by atoms with van der Waals surface area (Å²) in [7, 11) is 1.92. The summed E-state index contributed by atoms with van der Waals surface area (Å²) in [5.41, 5.74) is 0. The van der Waals surface area contributed by atoms with E-state index in [1.165, 1.54) is 11.3 Å². The molecule has 0 saturated carbocycles. The van der Waals surface area contributed by atoms with Crippen molar-refractivity contribution in [1.82, 2.24) is 25.1 Å². The van der Waals surface area contributed by atoms with Gasteiger partial charge < -0.3 is 14.4 Å². The first-order chi connectivity index (χ1) is 10.6. The van der Waals surface area contributed by atoms with Crippen LogP contribution in [0.4, 0.5) is 5.13 Å². The van der Waals surface area contributed by atoms with Crippen LogP contribution in [0, 0.1) is 5.21 Å². The maximum atomic E-state index is 13.3. The van der Waals surface area contributed by atoms with Gasteiger partial charge >= 0.3 is 5.13 Å². The van der Waals surface area contributed by atoms with Crippen LogP contribution in [0.1, 0.15) is 12.7 Å². The zero-order valence-electron chi connectivity index (χ0n) is 12.6. The van der Waals surface area contributed by atoms with E-state index < -0.39 is 4.65 Å². The molecule has 2 aromatic heterocycles. The number of likely N-dealkylation sites (N-methyl/N-ethyl adjacent to an activating group) is 1. The quantitative estimate of drug-likeness (QED) is 0.634. The van der Waals surface area contributed by atoms with Crippen LogP contribution in [0.15, 0.2) is 22.8 Å². The molecule has 120 valence electrons. The van der Waals surface area contributed by atoms with Crippen LogP contribution < -0.4 is 14.7 Å². The van der Waals surface area contributed by atoms with E-state index in [2.05, 4.69) is 15.5 Å². The number of hydrogen-bond donors (Lipinski definition) is 1. The molecule has 22 heavy (non-hydrogen) atoms. The molecule has 1 aliphatic heterocycles. The molecule has 0 spiro atoms. The Balaban J connectivity index is 1.75. The summed E-state index contributed by atoms with van der Waals surface area (Å²) in [4.78, 5) is 1.98. The number of nitrogens with one attached hydrogen (secondary N) is 1. The lowest BCUT2D eigenvalue weighted by atomic mass is 10.4. The highest BCUT2D eigenvalue weighted by molar-refractivity contribution is 7.16. The monoisotopic (exact) mass is 325 g/mol. The van der Waals surface area contributed by atoms with Crippen LogP contribution in [0.3, 0.4) is 0 Å². The Kier molecular flexibility index (Phi) is 4.41. The molecule has 0 aliphatic carbocycles. The molecular formula is C13H19N5O3S. The fourth-order valence-corrected chi connectivity index (χ4v) is 3.35. The Morgan fingerprint density at radius 3 is 3.18 bits per heavy atom. The number of hydroxylamine groups is 2. The van der Waals surface area contributed by atoms with Gasteiger partial charge in [-0.2, -0.15) is 0 Å². The Morgan fingerprint density at radius 1 is 1.59 bits per heavy atom. The third kappa shape index (κ3) is 2.99. The lowest BCUT2D eigenvalue weighted by Crippen LogP contribution is -2.55. The SMILES string of the molecule is CCOc1nnc([N+]2([O-])CN(C)CC2NCc2ccco2)s1. The highest BCUT2D eigenvalue weighted by atomic mass is 32.1. The topological polar surface area (TPSA) is 86.5 Å². The minimum absolute atomic E-state index is 0.322. The van der Waals surface area contributed by atoms with E-state index >= 15 is 0 Å². The zero-order valence-corrected chi connectivity index (χ0v) is 13.4. The van der Waals surface area contributed by atoms with E-state index in [0.29, 0.717) is 36.7 Å². The maximum absolute atomic E-state index is 13.3. The van der Waals surface area contributed by atoms with E-state index in [9.17, 15) is 5.21 Å². The predicted octanol–water partition coefficient (Wildman–Crippen LogP) is 1.35. The van der Waals surface area contributed by atoms with Crippen molar-refractivity contribution in [3.8, 4) is 5.19 Å². The van der Waals surface area contributed by atoms with E-state index in [-0.39, 0.29) is 6.17 Å². The van der Waals surface area contributed by atoms with Crippen molar-refractivity contribution < 1.29 is 9.15 Å². The van der Waals surface area contributed by atoms with Crippen LogP contribution in [0.25, 0.3) is 0 Å². The smallest absolute Gasteiger partial charge is 0.312 e. The molecule has 8 nitrogen and oxygen atoms in total. The van der Waals surface area contributed by atoms with Crippen molar-refractivity contribution in [2.75, 3.05) is 26.9 Å². The molecule has 9 heteroatoms. The van der Waals surface area contributed by atoms with Crippen molar-refractivity contribution in [3.05, 3.63) is 29.4 Å². The van der Waals surface area contributed by atoms with Gasteiger partial charge in [-0.3, -0.25) is 14.9 Å². The number of hydrogen-bond acceptors (Lipinski definition) is 8. The van der Waals surface area contributed by atoms with Crippen molar-refractivity contribution in [3.63, 3.8) is 0 Å². The van der Waals surface area contributed by atoms with Crippen molar-refractivity contribution in [1.29, 1.82) is 0 Å². The number of furan rings is 1. The van der Waals surface area contributed by atoms with E-state index in [1.54, 1.807) is 6.26 Å². The summed E-state index contributed by atoms with van der Waals surface area (Å²) in [6.07, 6.45) is 1.30. The third-order valence-corrected chi connectivity index (χ3v) is 4.47. The second-order valence-corrected chi connectivity index (χ2v) is 6.15. The summed E-state index contributed by atoms with van der Waals surface area (Å²) in [6, 6.07) is 3.71. The zero-order chi connectivity index (χ0) is 15.6. The molecule has 2 aromatic rings. The van der Waals surface area contributed by atoms with Crippen LogP contribution in [0.2, 0.25) is 0 Å². The molecule has 0 aromatic carbocycles. The van der Waals surface area contributed by atoms with Gasteiger partial charge in [0, 0.05) is 11.3 Å². The molecule has 0 radical (unpaired) electrons. The molecule has 0 amide bonds. The fraction of sp³-hybridized carbons (Fsp3) is 0.538. The first kappa shape index (κ1) is 15.4.